The van der Waals surface area contributed by atoms with E-state index in [0.29, 0.717) is 76.1 Å². The first-order valence-electron chi connectivity index (χ1n) is 27.5. The summed E-state index contributed by atoms with van der Waals surface area (Å²) in [5, 5.41) is 6.38. The fraction of sp³-hybridized carbons (Fsp3) is 0.552. The van der Waals surface area contributed by atoms with Gasteiger partial charge in [-0.25, -0.2) is 25.5 Å². The van der Waals surface area contributed by atoms with E-state index in [1.165, 1.54) is 0 Å². The topological polar surface area (TPSA) is 220 Å². The summed E-state index contributed by atoms with van der Waals surface area (Å²) in [6.45, 7) is 10.8. The Morgan fingerprint density at radius 3 is 2.49 bits per heavy atom. The molecule has 4 aromatic rings. The molecular weight excluding hydrogens is 1020 g/mol. The number of hydrogen-bond acceptors (Lipinski definition) is 12. The average molecular weight is 1100 g/mol. The molecule has 2 aromatic carbocycles. The third-order valence-corrected chi connectivity index (χ3v) is 16.4. The van der Waals surface area contributed by atoms with E-state index in [0.717, 1.165) is 94.3 Å². The Labute approximate surface area is 462 Å². The number of pyridine rings is 1. The maximum Gasteiger partial charge on any atom is 0.338 e. The number of hydrogen-bond donors (Lipinski definition) is 4. The van der Waals surface area contributed by atoms with Gasteiger partial charge in [-0.1, -0.05) is 56.5 Å². The quantitative estimate of drug-likeness (QED) is 0.0221. The second-order valence-electron chi connectivity index (χ2n) is 22.4. The van der Waals surface area contributed by atoms with Gasteiger partial charge in [0.25, 0.3) is 12.4 Å². The summed E-state index contributed by atoms with van der Waals surface area (Å²) in [6.07, 6.45) is 9.29. The Balaban J connectivity index is 1.12. The first-order chi connectivity index (χ1) is 37.4. The van der Waals surface area contributed by atoms with Crippen LogP contribution in [0.5, 0.6) is 0 Å². The minimum Gasteiger partial charge on any atom is -0.467 e. The molecule has 2 aliphatic heterocycles. The molecular formula is C58H78ClFN10O8. The highest BCUT2D eigenvalue weighted by molar-refractivity contribution is 6.29. The van der Waals surface area contributed by atoms with Crippen molar-refractivity contribution in [3.8, 4) is 22.4 Å². The Hall–Kier alpha value is -6.12. The lowest BCUT2D eigenvalue weighted by Crippen LogP contribution is -2.66. The van der Waals surface area contributed by atoms with E-state index in [1.54, 1.807) is 41.2 Å². The zero-order valence-corrected chi connectivity index (χ0v) is 46.8. The summed E-state index contributed by atoms with van der Waals surface area (Å²) in [5.41, 5.74) is 14.9. The second kappa shape index (κ2) is 25.3. The highest BCUT2D eigenvalue weighted by Gasteiger charge is 2.55. The van der Waals surface area contributed by atoms with Crippen molar-refractivity contribution in [2.75, 3.05) is 53.6 Å². The zero-order chi connectivity index (χ0) is 55.9. The second-order valence-corrected chi connectivity index (χ2v) is 22.9. The Bertz CT molecular complexity index is 2840. The normalized spacial score (nSPS) is 20.4. The first kappa shape index (κ1) is 58.0. The number of urea groups is 1. The molecule has 1 spiro atoms. The lowest BCUT2D eigenvalue weighted by Gasteiger charge is -2.53. The minimum absolute atomic E-state index is 0.0482. The number of ether oxygens (including phenoxy) is 3. The van der Waals surface area contributed by atoms with Gasteiger partial charge in [0.15, 0.2) is 0 Å². The molecule has 18 nitrogen and oxygen atoms in total. The molecule has 3 atom stereocenters. The van der Waals surface area contributed by atoms with Crippen molar-refractivity contribution in [3.63, 3.8) is 0 Å². The van der Waals surface area contributed by atoms with Crippen LogP contribution in [0.3, 0.4) is 0 Å². The lowest BCUT2D eigenvalue weighted by molar-refractivity contribution is -0.153. The smallest absolute Gasteiger partial charge is 0.338 e. The van der Waals surface area contributed by atoms with Gasteiger partial charge in [0, 0.05) is 87.4 Å². The number of amides is 5. The minimum atomic E-state index is -1.07. The van der Waals surface area contributed by atoms with Crippen molar-refractivity contribution in [3.05, 3.63) is 88.5 Å². The molecule has 0 radical (unpaired) electrons. The van der Waals surface area contributed by atoms with Crippen molar-refractivity contribution < 1.29 is 42.6 Å². The number of aromatic nitrogens is 2. The third kappa shape index (κ3) is 12.7. The predicted molar refractivity (Wildman–Crippen MR) is 296 cm³/mol. The molecule has 4 aliphatic rings. The van der Waals surface area contributed by atoms with Gasteiger partial charge in [-0.3, -0.25) is 29.2 Å². The number of carbonyl (C=O) groups is 5. The van der Waals surface area contributed by atoms with Crippen LogP contribution in [0.2, 0.25) is 0 Å². The van der Waals surface area contributed by atoms with Crippen LogP contribution in [0.15, 0.2) is 66.1 Å². The number of benzene rings is 2. The zero-order valence-electron chi connectivity index (χ0n) is 46.0. The number of rotatable bonds is 20. The van der Waals surface area contributed by atoms with Gasteiger partial charge in [0.1, 0.15) is 23.9 Å². The number of alkyl halides is 1. The highest BCUT2D eigenvalue weighted by atomic mass is 35.5. The van der Waals surface area contributed by atoms with Crippen molar-refractivity contribution >= 4 is 52.7 Å². The lowest BCUT2D eigenvalue weighted by atomic mass is 9.66. The van der Waals surface area contributed by atoms with E-state index in [1.807, 2.05) is 31.2 Å². The van der Waals surface area contributed by atoms with Crippen LogP contribution in [0.4, 0.5) is 9.18 Å². The van der Waals surface area contributed by atoms with Crippen LogP contribution in [0.25, 0.3) is 33.3 Å². The molecule has 6 N–H and O–H groups in total. The molecule has 2 saturated carbocycles. The molecule has 2 saturated heterocycles. The van der Waals surface area contributed by atoms with Crippen molar-refractivity contribution in [2.45, 2.75) is 135 Å². The monoisotopic (exact) mass is 1100 g/mol. The fourth-order valence-electron chi connectivity index (χ4n) is 12.4. The van der Waals surface area contributed by atoms with E-state index in [-0.39, 0.29) is 48.6 Å². The van der Waals surface area contributed by atoms with E-state index in [2.05, 4.69) is 54.3 Å². The Morgan fingerprint density at radius 2 is 1.81 bits per heavy atom. The van der Waals surface area contributed by atoms with Crippen molar-refractivity contribution in [1.82, 2.24) is 40.1 Å². The van der Waals surface area contributed by atoms with Gasteiger partial charge in [-0.05, 0) is 129 Å². The maximum absolute atomic E-state index is 15.2. The fourth-order valence-corrected chi connectivity index (χ4v) is 12.6. The van der Waals surface area contributed by atoms with Gasteiger partial charge in [-0.2, -0.15) is 0 Å². The predicted octanol–water partition coefficient (Wildman–Crippen LogP) is 7.64. The van der Waals surface area contributed by atoms with Crippen molar-refractivity contribution in [1.29, 1.82) is 0 Å². The van der Waals surface area contributed by atoms with Gasteiger partial charge in [-0.15, -0.1) is 0 Å². The van der Waals surface area contributed by atoms with Crippen LogP contribution in [0, 0.1) is 17.3 Å². The maximum atomic E-state index is 15.2. The summed E-state index contributed by atoms with van der Waals surface area (Å²) in [4.78, 5) is 77.5. The van der Waals surface area contributed by atoms with E-state index in [9.17, 15) is 19.2 Å². The van der Waals surface area contributed by atoms with E-state index < -0.39 is 47.6 Å². The average Bonchev–Trinajstić information content (AvgIpc) is 4.04. The number of nitrogens with two attached hydrogens (primary N) is 2. The number of methoxy groups -OCH3 is 1. The molecule has 2 aliphatic carbocycles. The molecule has 5 amide bonds. The molecule has 2 aromatic heterocycles. The number of likely N-dealkylation sites (N-methyl/N-ethyl adjacent to an activating group) is 1. The summed E-state index contributed by atoms with van der Waals surface area (Å²) in [7, 11) is 3.32. The molecule has 0 bridgehead atoms. The number of nitrogens with one attached hydrogen (secondary N) is 2. The molecule has 4 fully saturated rings. The van der Waals surface area contributed by atoms with Crippen LogP contribution in [0.1, 0.15) is 114 Å². The highest BCUT2D eigenvalue weighted by Crippen LogP contribution is 2.46. The third-order valence-electron chi connectivity index (χ3n) is 16.3. The van der Waals surface area contributed by atoms with E-state index in [4.69, 9.17) is 42.4 Å². The molecule has 20 heteroatoms. The molecule has 4 heterocycles. The summed E-state index contributed by atoms with van der Waals surface area (Å²) >= 11 is 5.85. The number of carbonyl (C=O) groups excluding carboxylic acids is 5. The SMILES string of the molecule is CCn1c(-c2cccnc2C(C)OC)c(CC(C)(C)COC=O)c2cc(-c3cc(CF)cc(CC(NC(=O)C(C4CCCC4)N(C)C(=O)C4CC5(COCCCN5C(=O)N(N)/C=C(\N)Cl)C4)C(=O)N4CCCCN4)c3)ccc21. The summed E-state index contributed by atoms with van der Waals surface area (Å²) in [6, 6.07) is 13.3. The number of nitrogens with zero attached hydrogens (tertiary/aromatic N) is 6. The number of aryl methyl sites for hydroxylation is 1. The largest absolute Gasteiger partial charge is 0.467 e. The van der Waals surface area contributed by atoms with E-state index >= 15 is 9.18 Å². The Morgan fingerprint density at radius 1 is 1.05 bits per heavy atom. The summed E-state index contributed by atoms with van der Waals surface area (Å²) in [5.74, 6) is 4.39. The molecule has 8 rings (SSSR count). The van der Waals surface area contributed by atoms with Gasteiger partial charge in [0.05, 0.1) is 42.4 Å². The van der Waals surface area contributed by atoms with Crippen LogP contribution >= 0.6 is 11.6 Å². The van der Waals surface area contributed by atoms with Gasteiger partial charge < -0.3 is 39.6 Å². The van der Waals surface area contributed by atoms with Crippen molar-refractivity contribution in [2.24, 2.45) is 28.8 Å². The molecule has 78 heavy (non-hydrogen) atoms. The van der Waals surface area contributed by atoms with Crippen LogP contribution in [-0.2, 0) is 59.4 Å². The number of halogens is 2. The standard InChI is InChI=1S/C58H78ClFN10O8/c1-7-67-48-18-17-41(28-45(48)46(31-57(3,4)34-78-36-71)52(67)44-16-12-19-63-50(44)37(2)76-6)42-25-38(24-39(26-42)32-60)27-47(55(74)70-22-11-10-20-64-70)65-53(72)51(40-14-8-9-15-40)66(5)54(73)43-29-58(30-43)35-77-23-13-21-68(58)56(75)69(62)33-49(59)61/h12,16-19,24-26,28,33,36-37,40,43,47,51,64H,7-11,13-15,20-23,27,29-32,34-35,61-62H2,1-6H3,(H,65,72)/b49-33-. The van der Waals surface area contributed by atoms with Gasteiger partial charge >= 0.3 is 6.03 Å². The Kier molecular flexibility index (Phi) is 18.9. The van der Waals surface area contributed by atoms with Crippen LogP contribution < -0.4 is 22.3 Å². The van der Waals surface area contributed by atoms with Crippen LogP contribution in [-0.4, -0.2) is 131 Å². The number of fused-ring (bicyclic) bond motifs is 1. The number of hydrazine groups is 2. The van der Waals surface area contributed by atoms with Gasteiger partial charge in [0.2, 0.25) is 11.8 Å². The first-order valence-corrected chi connectivity index (χ1v) is 27.9. The summed E-state index contributed by atoms with van der Waals surface area (Å²) < 4.78 is 34.5. The molecule has 3 unspecified atom stereocenters. The molecule has 422 valence electrons.